The molecule has 2 amide bonds. The van der Waals surface area contributed by atoms with Crippen molar-refractivity contribution in [2.24, 2.45) is 0 Å². The van der Waals surface area contributed by atoms with Gasteiger partial charge in [0.15, 0.2) is 0 Å². The molecule has 0 aliphatic carbocycles. The third-order valence-electron chi connectivity index (χ3n) is 6.14. The SMILES string of the molecule is CNC(=O)[C@@H](Cc1ccccc1)N(Cc1ccc(Cl)cc1Cl)C(=O)CCCN(c1ccc(Cl)cc1)S(C)(=O)=O. The van der Waals surface area contributed by atoms with Crippen LogP contribution in [-0.4, -0.2) is 51.0 Å². The normalized spacial score (nSPS) is 12.0. The number of halogens is 3. The molecule has 1 N–H and O–H groups in total. The minimum Gasteiger partial charge on any atom is -0.357 e. The lowest BCUT2D eigenvalue weighted by atomic mass is 10.0. The number of benzene rings is 3. The van der Waals surface area contributed by atoms with Gasteiger partial charge in [0.2, 0.25) is 21.8 Å². The number of nitrogens with one attached hydrogen (secondary N) is 1. The number of carbonyl (C=O) groups excluding carboxylic acids is 2. The van der Waals surface area contributed by atoms with E-state index in [2.05, 4.69) is 5.32 Å². The molecule has 0 fully saturated rings. The van der Waals surface area contributed by atoms with Crippen molar-refractivity contribution >= 4 is 62.3 Å². The number of hydrogen-bond donors (Lipinski definition) is 1. The maximum Gasteiger partial charge on any atom is 0.242 e. The molecule has 0 aliphatic rings. The Labute approximate surface area is 244 Å². The first-order valence-electron chi connectivity index (χ1n) is 12.2. The smallest absolute Gasteiger partial charge is 0.242 e. The molecular weight excluding hydrogens is 581 g/mol. The topological polar surface area (TPSA) is 86.8 Å². The van der Waals surface area contributed by atoms with Crippen molar-refractivity contribution < 1.29 is 18.0 Å². The van der Waals surface area contributed by atoms with Crippen LogP contribution >= 0.6 is 34.8 Å². The number of hydrogen-bond acceptors (Lipinski definition) is 4. The highest BCUT2D eigenvalue weighted by Gasteiger charge is 2.30. The Morgan fingerprint density at radius 2 is 1.56 bits per heavy atom. The Balaban J connectivity index is 1.86. The lowest BCUT2D eigenvalue weighted by Gasteiger charge is -2.32. The lowest BCUT2D eigenvalue weighted by Crippen LogP contribution is -2.49. The van der Waals surface area contributed by atoms with Gasteiger partial charge in [-0.3, -0.25) is 13.9 Å². The molecule has 0 heterocycles. The summed E-state index contributed by atoms with van der Waals surface area (Å²) in [5.41, 5.74) is 1.97. The quantitative estimate of drug-likeness (QED) is 0.290. The van der Waals surface area contributed by atoms with Crippen LogP contribution in [0.4, 0.5) is 5.69 Å². The molecule has 0 aromatic heterocycles. The zero-order valence-corrected chi connectivity index (χ0v) is 24.7. The summed E-state index contributed by atoms with van der Waals surface area (Å²) >= 11 is 18.4. The standard InChI is InChI=1S/C28H30Cl3N3O4S/c1-32-28(36)26(17-20-7-4-3-5-8-20)33(19-21-10-11-23(30)18-25(21)31)27(35)9-6-16-34(39(2,37)38)24-14-12-22(29)13-15-24/h3-5,7-8,10-15,18,26H,6,9,16-17,19H2,1-2H3,(H,32,36)/t26-/m1/s1. The summed E-state index contributed by atoms with van der Waals surface area (Å²) in [5, 5.41) is 3.98. The summed E-state index contributed by atoms with van der Waals surface area (Å²) in [7, 11) is -2.09. The predicted molar refractivity (Wildman–Crippen MR) is 158 cm³/mol. The number of nitrogens with zero attached hydrogens (tertiary/aromatic N) is 2. The molecule has 7 nitrogen and oxygen atoms in total. The number of carbonyl (C=O) groups is 2. The molecule has 208 valence electrons. The number of likely N-dealkylation sites (N-methyl/N-ethyl adjacent to an activating group) is 1. The molecule has 0 radical (unpaired) electrons. The number of amides is 2. The monoisotopic (exact) mass is 609 g/mol. The fourth-order valence-corrected chi connectivity index (χ4v) is 5.72. The Morgan fingerprint density at radius 3 is 2.15 bits per heavy atom. The fraction of sp³-hybridized carbons (Fsp3) is 0.286. The second-order valence-electron chi connectivity index (χ2n) is 8.99. The van der Waals surface area contributed by atoms with Gasteiger partial charge in [0, 0.05) is 48.0 Å². The second-order valence-corrected chi connectivity index (χ2v) is 12.2. The summed E-state index contributed by atoms with van der Waals surface area (Å²) < 4.78 is 26.2. The van der Waals surface area contributed by atoms with E-state index in [0.29, 0.717) is 26.3 Å². The van der Waals surface area contributed by atoms with E-state index >= 15 is 0 Å². The molecule has 0 saturated heterocycles. The maximum atomic E-state index is 13.7. The largest absolute Gasteiger partial charge is 0.357 e. The molecule has 0 bridgehead atoms. The van der Waals surface area contributed by atoms with Crippen LogP contribution in [0.3, 0.4) is 0 Å². The van der Waals surface area contributed by atoms with Gasteiger partial charge < -0.3 is 10.2 Å². The fourth-order valence-electron chi connectivity index (χ4n) is 4.17. The first-order chi connectivity index (χ1) is 18.5. The van der Waals surface area contributed by atoms with Gasteiger partial charge in [-0.15, -0.1) is 0 Å². The maximum absolute atomic E-state index is 13.7. The van der Waals surface area contributed by atoms with E-state index in [1.54, 1.807) is 42.5 Å². The summed E-state index contributed by atoms with van der Waals surface area (Å²) in [5.74, 6) is -0.633. The minimum absolute atomic E-state index is 0.00705. The molecule has 0 spiro atoms. The zero-order valence-electron chi connectivity index (χ0n) is 21.6. The first kappa shape index (κ1) is 30.8. The van der Waals surface area contributed by atoms with Gasteiger partial charge in [-0.05, 0) is 53.9 Å². The summed E-state index contributed by atoms with van der Waals surface area (Å²) in [6.07, 6.45) is 1.63. The van der Waals surface area contributed by atoms with Gasteiger partial charge in [0.05, 0.1) is 11.9 Å². The van der Waals surface area contributed by atoms with Crippen molar-refractivity contribution in [1.29, 1.82) is 0 Å². The van der Waals surface area contributed by atoms with Crippen molar-refractivity contribution in [2.75, 3.05) is 24.2 Å². The van der Waals surface area contributed by atoms with Crippen molar-refractivity contribution in [3.05, 3.63) is 99.0 Å². The number of sulfonamides is 1. The van der Waals surface area contributed by atoms with Crippen molar-refractivity contribution in [1.82, 2.24) is 10.2 Å². The van der Waals surface area contributed by atoms with Gasteiger partial charge in [-0.2, -0.15) is 0 Å². The highest BCUT2D eigenvalue weighted by atomic mass is 35.5. The average molecular weight is 611 g/mol. The number of anilines is 1. The van der Waals surface area contributed by atoms with Crippen LogP contribution in [0.25, 0.3) is 0 Å². The van der Waals surface area contributed by atoms with Crippen LogP contribution in [-0.2, 0) is 32.6 Å². The van der Waals surface area contributed by atoms with Crippen LogP contribution in [0, 0.1) is 0 Å². The van der Waals surface area contributed by atoms with Gasteiger partial charge in [0.25, 0.3) is 0 Å². The van der Waals surface area contributed by atoms with Crippen molar-refractivity contribution in [2.45, 2.75) is 31.8 Å². The van der Waals surface area contributed by atoms with Gasteiger partial charge in [-0.1, -0.05) is 71.2 Å². The molecule has 0 unspecified atom stereocenters. The van der Waals surface area contributed by atoms with Crippen LogP contribution in [0.2, 0.25) is 15.1 Å². The van der Waals surface area contributed by atoms with Gasteiger partial charge in [-0.25, -0.2) is 8.42 Å². The van der Waals surface area contributed by atoms with Crippen LogP contribution in [0.1, 0.15) is 24.0 Å². The highest BCUT2D eigenvalue weighted by molar-refractivity contribution is 7.92. The van der Waals surface area contributed by atoms with E-state index in [0.717, 1.165) is 11.8 Å². The summed E-state index contributed by atoms with van der Waals surface area (Å²) in [4.78, 5) is 28.2. The Hall–Kier alpha value is -2.78. The average Bonchev–Trinajstić information content (AvgIpc) is 2.89. The molecule has 3 aromatic rings. The molecule has 11 heteroatoms. The zero-order chi connectivity index (χ0) is 28.6. The molecule has 39 heavy (non-hydrogen) atoms. The molecule has 1 atom stereocenters. The third kappa shape index (κ3) is 8.86. The van der Waals surface area contributed by atoms with E-state index in [9.17, 15) is 18.0 Å². The van der Waals surface area contributed by atoms with E-state index in [-0.39, 0.29) is 44.2 Å². The van der Waals surface area contributed by atoms with E-state index in [1.807, 2.05) is 30.3 Å². The first-order valence-corrected chi connectivity index (χ1v) is 15.2. The molecule has 0 aliphatic heterocycles. The van der Waals surface area contributed by atoms with Gasteiger partial charge in [0.1, 0.15) is 6.04 Å². The Morgan fingerprint density at radius 1 is 0.923 bits per heavy atom. The van der Waals surface area contributed by atoms with Crippen LogP contribution in [0.15, 0.2) is 72.8 Å². The van der Waals surface area contributed by atoms with E-state index in [4.69, 9.17) is 34.8 Å². The molecule has 0 saturated carbocycles. The van der Waals surface area contributed by atoms with Crippen LogP contribution in [0.5, 0.6) is 0 Å². The van der Waals surface area contributed by atoms with Crippen molar-refractivity contribution in [3.8, 4) is 0 Å². The summed E-state index contributed by atoms with van der Waals surface area (Å²) in [6.45, 7) is 0.151. The van der Waals surface area contributed by atoms with Gasteiger partial charge >= 0.3 is 0 Å². The lowest BCUT2D eigenvalue weighted by molar-refractivity contribution is -0.141. The molecular formula is C28H30Cl3N3O4S. The number of rotatable bonds is 12. The Bertz CT molecular complexity index is 1390. The second kappa shape index (κ2) is 14.0. The van der Waals surface area contributed by atoms with Crippen molar-refractivity contribution in [3.63, 3.8) is 0 Å². The molecule has 3 aromatic carbocycles. The van der Waals surface area contributed by atoms with E-state index < -0.39 is 16.1 Å². The highest BCUT2D eigenvalue weighted by Crippen LogP contribution is 2.25. The Kier molecular flexibility index (Phi) is 11.1. The van der Waals surface area contributed by atoms with Crippen LogP contribution < -0.4 is 9.62 Å². The molecule has 3 rings (SSSR count). The minimum atomic E-state index is -3.61. The van der Waals surface area contributed by atoms with E-state index in [1.165, 1.54) is 16.3 Å². The summed E-state index contributed by atoms with van der Waals surface area (Å²) in [6, 6.07) is 20.0. The third-order valence-corrected chi connectivity index (χ3v) is 8.17. The predicted octanol–water partition coefficient (Wildman–Crippen LogP) is 5.58.